The Morgan fingerprint density at radius 3 is 2.67 bits per heavy atom. The molecule has 0 aliphatic carbocycles. The van der Waals surface area contributed by atoms with Gasteiger partial charge in [-0.1, -0.05) is 16.8 Å². The third-order valence-electron chi connectivity index (χ3n) is 3.16. The monoisotopic (exact) mass is 264 g/mol. The molecule has 0 saturated carbocycles. The van der Waals surface area contributed by atoms with E-state index < -0.39 is 0 Å². The van der Waals surface area contributed by atoms with Crippen LogP contribution in [0.5, 0.6) is 0 Å². The van der Waals surface area contributed by atoms with Crippen LogP contribution >= 0.6 is 11.6 Å². The molecule has 5 heteroatoms. The van der Waals surface area contributed by atoms with Crippen LogP contribution in [0.15, 0.2) is 18.2 Å². The zero-order chi connectivity index (χ0) is 13.3. The van der Waals surface area contributed by atoms with E-state index in [0.29, 0.717) is 0 Å². The van der Waals surface area contributed by atoms with Crippen molar-refractivity contribution < 1.29 is 0 Å². The Kier molecular flexibility index (Phi) is 3.68. The largest absolute Gasteiger partial charge is 0.312 e. The van der Waals surface area contributed by atoms with E-state index in [2.05, 4.69) is 22.6 Å². The van der Waals surface area contributed by atoms with E-state index >= 15 is 0 Å². The first-order valence-electron chi connectivity index (χ1n) is 5.90. The maximum absolute atomic E-state index is 5.97. The van der Waals surface area contributed by atoms with Crippen LogP contribution in [-0.4, -0.2) is 22.0 Å². The number of benzene rings is 1. The van der Waals surface area contributed by atoms with Gasteiger partial charge in [-0.15, -0.1) is 5.10 Å². The van der Waals surface area contributed by atoms with Gasteiger partial charge in [-0.2, -0.15) is 0 Å². The van der Waals surface area contributed by atoms with E-state index in [9.17, 15) is 0 Å². The summed E-state index contributed by atoms with van der Waals surface area (Å²) in [5.74, 6) is 0. The zero-order valence-corrected chi connectivity index (χ0v) is 11.8. The second-order valence-corrected chi connectivity index (χ2v) is 4.85. The van der Waals surface area contributed by atoms with E-state index in [-0.39, 0.29) is 6.04 Å². The normalized spacial score (nSPS) is 12.7. The van der Waals surface area contributed by atoms with Gasteiger partial charge in [0.2, 0.25) is 0 Å². The SMILES string of the molecule is CNC(C)c1nnn(-c2ccc(Cl)cc2C)c1C. The summed E-state index contributed by atoms with van der Waals surface area (Å²) in [5, 5.41) is 12.4. The summed E-state index contributed by atoms with van der Waals surface area (Å²) in [5.41, 5.74) is 4.10. The smallest absolute Gasteiger partial charge is 0.103 e. The molecule has 4 nitrogen and oxygen atoms in total. The second-order valence-electron chi connectivity index (χ2n) is 4.41. The van der Waals surface area contributed by atoms with Crippen molar-refractivity contribution in [3.8, 4) is 5.69 Å². The lowest BCUT2D eigenvalue weighted by Crippen LogP contribution is -2.14. The predicted molar refractivity (Wildman–Crippen MR) is 73.3 cm³/mol. The fraction of sp³-hybridized carbons (Fsp3) is 0.385. The maximum atomic E-state index is 5.97. The summed E-state index contributed by atoms with van der Waals surface area (Å²) in [6, 6.07) is 5.95. The number of hydrogen-bond donors (Lipinski definition) is 1. The van der Waals surface area contributed by atoms with Gasteiger partial charge in [0.05, 0.1) is 17.4 Å². The number of hydrogen-bond acceptors (Lipinski definition) is 3. The molecule has 0 radical (unpaired) electrons. The molecule has 0 amide bonds. The van der Waals surface area contributed by atoms with Gasteiger partial charge >= 0.3 is 0 Å². The van der Waals surface area contributed by atoms with Gasteiger partial charge < -0.3 is 5.32 Å². The van der Waals surface area contributed by atoms with Gasteiger partial charge in [0.25, 0.3) is 0 Å². The highest BCUT2D eigenvalue weighted by molar-refractivity contribution is 6.30. The molecule has 1 aromatic heterocycles. The number of aromatic nitrogens is 3. The molecule has 18 heavy (non-hydrogen) atoms. The van der Waals surface area contributed by atoms with E-state index in [4.69, 9.17) is 11.6 Å². The third-order valence-corrected chi connectivity index (χ3v) is 3.40. The minimum atomic E-state index is 0.186. The van der Waals surface area contributed by atoms with Crippen LogP contribution in [0.2, 0.25) is 5.02 Å². The fourth-order valence-corrected chi connectivity index (χ4v) is 2.19. The first-order chi connectivity index (χ1) is 8.54. The van der Waals surface area contributed by atoms with Crippen LogP contribution in [-0.2, 0) is 0 Å². The third kappa shape index (κ3) is 2.26. The highest BCUT2D eigenvalue weighted by Crippen LogP contribution is 2.22. The van der Waals surface area contributed by atoms with Crippen molar-refractivity contribution in [2.24, 2.45) is 0 Å². The van der Waals surface area contributed by atoms with Crippen molar-refractivity contribution in [3.63, 3.8) is 0 Å². The Bertz CT molecular complexity index is 562. The quantitative estimate of drug-likeness (QED) is 0.927. The molecule has 1 heterocycles. The molecule has 0 spiro atoms. The molecular weight excluding hydrogens is 248 g/mol. The lowest BCUT2D eigenvalue weighted by Gasteiger charge is -2.10. The standard InChI is InChI=1S/C13H17ClN4/c1-8-7-11(14)5-6-12(8)18-10(3)13(16-17-18)9(2)15-4/h5-7,9,15H,1-4H3. The number of aryl methyl sites for hydroxylation is 1. The van der Waals surface area contributed by atoms with E-state index in [0.717, 1.165) is 27.7 Å². The molecule has 0 bridgehead atoms. The Morgan fingerprint density at radius 1 is 1.33 bits per heavy atom. The van der Waals surface area contributed by atoms with Crippen LogP contribution in [0.1, 0.15) is 29.9 Å². The fourth-order valence-electron chi connectivity index (χ4n) is 1.96. The lowest BCUT2D eigenvalue weighted by molar-refractivity contribution is 0.627. The van der Waals surface area contributed by atoms with Gasteiger partial charge in [-0.25, -0.2) is 4.68 Å². The first kappa shape index (κ1) is 13.1. The van der Waals surface area contributed by atoms with Gasteiger partial charge in [0, 0.05) is 5.02 Å². The van der Waals surface area contributed by atoms with Crippen molar-refractivity contribution in [2.75, 3.05) is 7.05 Å². The molecule has 1 atom stereocenters. The van der Waals surface area contributed by atoms with E-state index in [1.54, 1.807) is 0 Å². The molecule has 1 unspecified atom stereocenters. The number of halogens is 1. The molecule has 2 rings (SSSR count). The summed E-state index contributed by atoms with van der Waals surface area (Å²) in [7, 11) is 1.91. The van der Waals surface area contributed by atoms with Crippen molar-refractivity contribution in [3.05, 3.63) is 40.2 Å². The van der Waals surface area contributed by atoms with Crippen LogP contribution in [0, 0.1) is 13.8 Å². The Balaban J connectivity index is 2.49. The molecule has 0 aliphatic rings. The molecule has 0 aliphatic heterocycles. The van der Waals surface area contributed by atoms with Crippen LogP contribution in [0.3, 0.4) is 0 Å². The van der Waals surface area contributed by atoms with E-state index in [1.807, 2.05) is 43.8 Å². The molecule has 2 aromatic rings. The van der Waals surface area contributed by atoms with Crippen molar-refractivity contribution in [1.29, 1.82) is 0 Å². The van der Waals surface area contributed by atoms with Gasteiger partial charge in [-0.3, -0.25) is 0 Å². The summed E-state index contributed by atoms with van der Waals surface area (Å²) >= 11 is 5.97. The van der Waals surface area contributed by atoms with Crippen molar-refractivity contribution in [2.45, 2.75) is 26.8 Å². The lowest BCUT2D eigenvalue weighted by atomic mass is 10.1. The molecular formula is C13H17ClN4. The summed E-state index contributed by atoms with van der Waals surface area (Å²) in [6.07, 6.45) is 0. The van der Waals surface area contributed by atoms with Gasteiger partial charge in [0.15, 0.2) is 0 Å². The maximum Gasteiger partial charge on any atom is 0.103 e. The minimum absolute atomic E-state index is 0.186. The molecule has 96 valence electrons. The Morgan fingerprint density at radius 2 is 2.06 bits per heavy atom. The molecule has 1 aromatic carbocycles. The predicted octanol–water partition coefficient (Wildman–Crippen LogP) is 2.82. The zero-order valence-electron chi connectivity index (χ0n) is 11.0. The van der Waals surface area contributed by atoms with Crippen LogP contribution < -0.4 is 5.32 Å². The molecule has 0 fully saturated rings. The molecule has 1 N–H and O–H groups in total. The molecule has 0 saturated heterocycles. The number of nitrogens with zero attached hydrogens (tertiary/aromatic N) is 3. The van der Waals surface area contributed by atoms with Gasteiger partial charge in [0.1, 0.15) is 5.69 Å². The Labute approximate surface area is 112 Å². The average Bonchev–Trinajstić information content (AvgIpc) is 2.70. The first-order valence-corrected chi connectivity index (χ1v) is 6.28. The summed E-state index contributed by atoms with van der Waals surface area (Å²) in [6.45, 7) is 6.11. The highest BCUT2D eigenvalue weighted by atomic mass is 35.5. The average molecular weight is 265 g/mol. The number of nitrogens with one attached hydrogen (secondary N) is 1. The summed E-state index contributed by atoms with van der Waals surface area (Å²) in [4.78, 5) is 0. The topological polar surface area (TPSA) is 42.7 Å². The summed E-state index contributed by atoms with van der Waals surface area (Å²) < 4.78 is 1.86. The van der Waals surface area contributed by atoms with Crippen molar-refractivity contribution >= 4 is 11.6 Å². The number of rotatable bonds is 3. The van der Waals surface area contributed by atoms with Crippen molar-refractivity contribution in [1.82, 2.24) is 20.3 Å². The van der Waals surface area contributed by atoms with Crippen LogP contribution in [0.25, 0.3) is 5.69 Å². The Hall–Kier alpha value is -1.39. The van der Waals surface area contributed by atoms with E-state index in [1.165, 1.54) is 0 Å². The second kappa shape index (κ2) is 5.08. The van der Waals surface area contributed by atoms with Gasteiger partial charge in [-0.05, 0) is 51.6 Å². The highest BCUT2D eigenvalue weighted by Gasteiger charge is 2.15. The van der Waals surface area contributed by atoms with Crippen LogP contribution in [0.4, 0.5) is 0 Å². The minimum Gasteiger partial charge on any atom is -0.312 e.